The summed E-state index contributed by atoms with van der Waals surface area (Å²) in [5, 5.41) is 0. The lowest BCUT2D eigenvalue weighted by atomic mass is 9.86. The van der Waals surface area contributed by atoms with E-state index in [4.69, 9.17) is 23.4 Å². The van der Waals surface area contributed by atoms with Crippen molar-refractivity contribution in [2.24, 2.45) is 0 Å². The van der Waals surface area contributed by atoms with Crippen molar-refractivity contribution in [3.05, 3.63) is 23.2 Å². The molecule has 0 amide bonds. The maximum absolute atomic E-state index is 12.3. The van der Waals surface area contributed by atoms with E-state index < -0.39 is 29.4 Å². The molecule has 24 heavy (non-hydrogen) atoms. The van der Waals surface area contributed by atoms with Crippen molar-refractivity contribution in [3.8, 4) is 0 Å². The van der Waals surface area contributed by atoms with E-state index in [1.165, 1.54) is 6.92 Å². The number of furan rings is 1. The Kier molecular flexibility index (Phi) is 2.54. The summed E-state index contributed by atoms with van der Waals surface area (Å²) in [4.78, 5) is 24.0. The first kappa shape index (κ1) is 14.5. The van der Waals surface area contributed by atoms with Gasteiger partial charge >= 0.3 is 11.9 Å². The molecular weight excluding hydrogens is 316 g/mol. The summed E-state index contributed by atoms with van der Waals surface area (Å²) < 4.78 is 28.6. The number of esters is 2. The minimum Gasteiger partial charge on any atom is -0.465 e. The van der Waals surface area contributed by atoms with Gasteiger partial charge in [-0.1, -0.05) is 0 Å². The zero-order chi connectivity index (χ0) is 16.9. The molecule has 0 saturated carbocycles. The second-order valence-corrected chi connectivity index (χ2v) is 7.27. The van der Waals surface area contributed by atoms with Crippen LogP contribution in [0.4, 0.5) is 0 Å². The molecule has 3 fully saturated rings. The molecule has 0 radical (unpaired) electrons. The van der Waals surface area contributed by atoms with Gasteiger partial charge in [-0.15, -0.1) is 0 Å². The van der Waals surface area contributed by atoms with E-state index in [1.807, 2.05) is 13.8 Å². The maximum Gasteiger partial charge on any atom is 0.342 e. The first-order valence-electron chi connectivity index (χ1n) is 8.18. The number of rotatable bonds is 1. The lowest BCUT2D eigenvalue weighted by Gasteiger charge is -2.22. The van der Waals surface area contributed by atoms with Crippen LogP contribution >= 0.6 is 0 Å². The Morgan fingerprint density at radius 1 is 1.38 bits per heavy atom. The van der Waals surface area contributed by atoms with Crippen LogP contribution in [0.15, 0.2) is 10.7 Å². The van der Waals surface area contributed by atoms with Crippen molar-refractivity contribution < 1.29 is 33.0 Å². The summed E-state index contributed by atoms with van der Waals surface area (Å²) in [5.41, 5.74) is 0.0715. The first-order chi connectivity index (χ1) is 11.4. The van der Waals surface area contributed by atoms with E-state index in [2.05, 4.69) is 0 Å². The molecule has 0 spiro atoms. The lowest BCUT2D eigenvalue weighted by Crippen LogP contribution is -2.29. The van der Waals surface area contributed by atoms with Gasteiger partial charge in [-0.3, -0.25) is 4.79 Å². The van der Waals surface area contributed by atoms with E-state index in [1.54, 1.807) is 6.26 Å². The Morgan fingerprint density at radius 2 is 2.17 bits per heavy atom. The second-order valence-electron chi connectivity index (χ2n) is 7.27. The van der Waals surface area contributed by atoms with E-state index >= 15 is 0 Å². The molecule has 128 valence electrons. The molecule has 3 aliphatic heterocycles. The van der Waals surface area contributed by atoms with Gasteiger partial charge in [0.2, 0.25) is 0 Å². The number of carbonyl (C=O) groups excluding carboxylic acids is 2. The lowest BCUT2D eigenvalue weighted by molar-refractivity contribution is -0.155. The van der Waals surface area contributed by atoms with Gasteiger partial charge in [0.1, 0.15) is 11.7 Å². The molecule has 6 atom stereocenters. The normalized spacial score (nSPS) is 44.7. The van der Waals surface area contributed by atoms with Crippen LogP contribution in [-0.4, -0.2) is 35.3 Å². The van der Waals surface area contributed by atoms with Crippen LogP contribution in [-0.2, 0) is 28.5 Å². The fourth-order valence-corrected chi connectivity index (χ4v) is 4.29. The smallest absolute Gasteiger partial charge is 0.342 e. The van der Waals surface area contributed by atoms with Crippen molar-refractivity contribution in [1.82, 2.24) is 0 Å². The Balaban J connectivity index is 1.66. The van der Waals surface area contributed by atoms with Gasteiger partial charge in [-0.2, -0.15) is 0 Å². The van der Waals surface area contributed by atoms with E-state index in [-0.39, 0.29) is 18.2 Å². The molecule has 0 aromatic carbocycles. The topological polar surface area (TPSA) is 90.8 Å². The minimum absolute atomic E-state index is 0.121. The van der Waals surface area contributed by atoms with Crippen LogP contribution in [0.25, 0.3) is 0 Å². The Labute approximate surface area is 138 Å². The quantitative estimate of drug-likeness (QED) is 0.572. The fraction of sp³-hybridized carbons (Fsp3) is 0.647. The van der Waals surface area contributed by atoms with Gasteiger partial charge in [0.15, 0.2) is 23.6 Å². The van der Waals surface area contributed by atoms with Gasteiger partial charge in [0.05, 0.1) is 12.4 Å². The minimum atomic E-state index is -0.840. The van der Waals surface area contributed by atoms with Gasteiger partial charge in [0.25, 0.3) is 0 Å². The third-order valence-electron chi connectivity index (χ3n) is 5.73. The molecule has 0 N–H and O–H groups in total. The Hall–Kier alpha value is -1.86. The molecule has 1 aromatic rings. The average Bonchev–Trinajstić information content (AvgIpc) is 3.33. The summed E-state index contributed by atoms with van der Waals surface area (Å²) in [6, 6.07) is 0. The van der Waals surface area contributed by atoms with Crippen molar-refractivity contribution in [2.45, 2.75) is 69.2 Å². The van der Waals surface area contributed by atoms with Crippen molar-refractivity contribution in [2.75, 3.05) is 0 Å². The molecule has 7 heteroatoms. The third kappa shape index (κ3) is 1.64. The van der Waals surface area contributed by atoms with Crippen molar-refractivity contribution in [1.29, 1.82) is 0 Å². The molecule has 5 rings (SSSR count). The van der Waals surface area contributed by atoms with Gasteiger partial charge in [-0.25, -0.2) is 4.79 Å². The first-order valence-corrected chi connectivity index (χ1v) is 8.18. The Morgan fingerprint density at radius 3 is 2.88 bits per heavy atom. The highest BCUT2D eigenvalue weighted by atomic mass is 16.7. The predicted octanol–water partition coefficient (Wildman–Crippen LogP) is 1.88. The molecule has 7 nitrogen and oxygen atoms in total. The highest BCUT2D eigenvalue weighted by Crippen LogP contribution is 2.61. The number of carbonyl (C=O) groups is 2. The van der Waals surface area contributed by atoms with Crippen LogP contribution < -0.4 is 0 Å². The molecular formula is C17H18O7. The van der Waals surface area contributed by atoms with Gasteiger partial charge in [-0.05, 0) is 32.3 Å². The predicted molar refractivity (Wildman–Crippen MR) is 76.9 cm³/mol. The number of ether oxygens (including phenoxy) is 4. The van der Waals surface area contributed by atoms with E-state index in [0.29, 0.717) is 18.6 Å². The van der Waals surface area contributed by atoms with Gasteiger partial charge in [0, 0.05) is 12.5 Å². The standard InChI is InChI=1S/C17H18O7/c1-7-6-20-11-10(7)12-14-17(24-14,15(19)22-12)5-4-9-16(3,23-9)13(11)21-8(2)18/h6,9,12-14H,4-5H2,1-3H3/t9-,12+,13+,14-,16+,17-/m0/s1. The van der Waals surface area contributed by atoms with E-state index in [9.17, 15) is 9.59 Å². The SMILES string of the molecule is CC(=O)O[C@@H]1c2occ(C)c2[C@H]2OC(=O)[C@@]3(CC[C@@H]4O[C@]41C)O[C@@H]23. The third-order valence-corrected chi connectivity index (χ3v) is 5.73. The highest BCUT2D eigenvalue weighted by Gasteiger charge is 2.75. The largest absolute Gasteiger partial charge is 0.465 e. The molecule has 1 aliphatic carbocycles. The van der Waals surface area contributed by atoms with Gasteiger partial charge < -0.3 is 23.4 Å². The van der Waals surface area contributed by atoms with Crippen LogP contribution in [0.1, 0.15) is 55.8 Å². The summed E-state index contributed by atoms with van der Waals surface area (Å²) in [5.74, 6) is -0.246. The number of aryl methyl sites for hydroxylation is 1. The van der Waals surface area contributed by atoms with Crippen LogP contribution in [0.2, 0.25) is 0 Å². The monoisotopic (exact) mass is 334 g/mol. The average molecular weight is 334 g/mol. The van der Waals surface area contributed by atoms with Crippen LogP contribution in [0.3, 0.4) is 0 Å². The summed E-state index contributed by atoms with van der Waals surface area (Å²) in [6.07, 6.45) is 1.16. The maximum atomic E-state index is 12.3. The summed E-state index contributed by atoms with van der Waals surface area (Å²) in [7, 11) is 0. The fourth-order valence-electron chi connectivity index (χ4n) is 4.29. The number of hydrogen-bond donors (Lipinski definition) is 0. The van der Waals surface area contributed by atoms with E-state index in [0.717, 1.165) is 11.1 Å². The molecule has 3 saturated heterocycles. The summed E-state index contributed by atoms with van der Waals surface area (Å²) >= 11 is 0. The molecule has 0 unspecified atom stereocenters. The highest BCUT2D eigenvalue weighted by molar-refractivity contribution is 5.87. The molecule has 1 aromatic heterocycles. The Bertz CT molecular complexity index is 767. The van der Waals surface area contributed by atoms with Crippen molar-refractivity contribution >= 4 is 11.9 Å². The summed E-state index contributed by atoms with van der Waals surface area (Å²) in [6.45, 7) is 5.14. The zero-order valence-electron chi connectivity index (χ0n) is 13.7. The molecule has 4 heterocycles. The van der Waals surface area contributed by atoms with Crippen molar-refractivity contribution in [3.63, 3.8) is 0 Å². The number of epoxide rings is 2. The van der Waals surface area contributed by atoms with Crippen LogP contribution in [0.5, 0.6) is 0 Å². The molecule has 4 aliphatic rings. The van der Waals surface area contributed by atoms with Crippen LogP contribution in [0, 0.1) is 6.92 Å². The zero-order valence-corrected chi connectivity index (χ0v) is 13.7. The number of hydrogen-bond acceptors (Lipinski definition) is 7. The second kappa shape index (κ2) is 4.21. The molecule has 2 bridgehead atoms. The number of fused-ring (bicyclic) bond motifs is 3.